The van der Waals surface area contributed by atoms with Gasteiger partial charge in [-0.05, 0) is 30.3 Å². The normalized spacial score (nSPS) is 17.2. The van der Waals surface area contributed by atoms with Gasteiger partial charge in [-0.2, -0.15) is 13.2 Å². The Hall–Kier alpha value is -3.73. The lowest BCUT2D eigenvalue weighted by molar-refractivity contribution is -0.137. The number of pyridine rings is 1. The van der Waals surface area contributed by atoms with E-state index in [4.69, 9.17) is 10.5 Å². The molecule has 1 unspecified atom stereocenters. The fourth-order valence-electron chi connectivity index (χ4n) is 3.85. The van der Waals surface area contributed by atoms with Gasteiger partial charge in [0.05, 0.1) is 47.7 Å². The molecule has 5 rings (SSSR count). The zero-order valence-corrected chi connectivity index (χ0v) is 16.6. The summed E-state index contributed by atoms with van der Waals surface area (Å²) < 4.78 is 45.8. The monoisotopic (exact) mass is 442 g/mol. The number of carbonyl (C=O) groups is 1. The van der Waals surface area contributed by atoms with Crippen LogP contribution < -0.4 is 5.73 Å². The molecule has 1 aliphatic rings. The number of aromatic nitrogens is 4. The summed E-state index contributed by atoms with van der Waals surface area (Å²) in [5.74, 6) is 0.00193. The van der Waals surface area contributed by atoms with Crippen molar-refractivity contribution >= 4 is 28.3 Å². The third-order valence-corrected chi connectivity index (χ3v) is 5.48. The maximum absolute atomic E-state index is 13.4. The van der Waals surface area contributed by atoms with E-state index in [1.54, 1.807) is 40.0 Å². The Bertz CT molecular complexity index is 1320. The summed E-state index contributed by atoms with van der Waals surface area (Å²) in [7, 11) is 0. The van der Waals surface area contributed by atoms with E-state index in [0.29, 0.717) is 34.3 Å². The molecule has 0 aliphatic carbocycles. The van der Waals surface area contributed by atoms with E-state index in [-0.39, 0.29) is 25.0 Å². The number of morpholine rings is 1. The molecule has 1 atom stereocenters. The van der Waals surface area contributed by atoms with Gasteiger partial charge >= 0.3 is 6.18 Å². The van der Waals surface area contributed by atoms with Crippen LogP contribution in [-0.4, -0.2) is 49.9 Å². The van der Waals surface area contributed by atoms with Crippen LogP contribution in [-0.2, 0) is 10.9 Å². The number of nitrogens with zero attached hydrogens (tertiary/aromatic N) is 5. The Kier molecular flexibility index (Phi) is 4.70. The molecule has 1 aliphatic heterocycles. The van der Waals surface area contributed by atoms with Crippen molar-refractivity contribution in [2.24, 2.45) is 0 Å². The number of carbonyl (C=O) groups excluding carboxylic acids is 1. The van der Waals surface area contributed by atoms with Crippen molar-refractivity contribution in [3.63, 3.8) is 0 Å². The molecule has 8 nitrogen and oxygen atoms in total. The highest BCUT2D eigenvalue weighted by Gasteiger charge is 2.33. The molecule has 1 fully saturated rings. The van der Waals surface area contributed by atoms with Gasteiger partial charge in [-0.3, -0.25) is 14.2 Å². The van der Waals surface area contributed by atoms with Crippen LogP contribution in [0.15, 0.2) is 49.1 Å². The zero-order valence-electron chi connectivity index (χ0n) is 16.6. The average Bonchev–Trinajstić information content (AvgIpc) is 3.29. The number of imidazole rings is 1. The highest BCUT2D eigenvalue weighted by Crippen LogP contribution is 2.31. The van der Waals surface area contributed by atoms with Crippen LogP contribution >= 0.6 is 0 Å². The smallest absolute Gasteiger partial charge is 0.377 e. The van der Waals surface area contributed by atoms with Crippen molar-refractivity contribution in [1.82, 2.24) is 24.3 Å². The third-order valence-electron chi connectivity index (χ3n) is 5.48. The number of nitrogen functional groups attached to an aromatic ring is 1. The molecule has 0 radical (unpaired) electrons. The average molecular weight is 442 g/mol. The number of fused-ring (bicyclic) bond motifs is 3. The van der Waals surface area contributed by atoms with Crippen molar-refractivity contribution in [1.29, 1.82) is 0 Å². The molecule has 164 valence electrons. The molecule has 0 bridgehead atoms. The van der Waals surface area contributed by atoms with Gasteiger partial charge in [0.1, 0.15) is 6.33 Å². The summed E-state index contributed by atoms with van der Waals surface area (Å²) >= 11 is 0. The summed E-state index contributed by atoms with van der Waals surface area (Å²) in [4.78, 5) is 27.3. The number of rotatable bonds is 2. The largest absolute Gasteiger partial charge is 0.417 e. The second-order valence-electron chi connectivity index (χ2n) is 7.41. The first-order chi connectivity index (χ1) is 15.3. The molecule has 0 spiro atoms. The number of nitrogens with two attached hydrogens (primary N) is 1. The standard InChI is InChI=1S/C21H17F3N6O2/c22-21(23,24)13-2-4-16(27-8-13)18-10-32-6-5-29(18)19(31)12-1-3-15-14(7-12)17-9-26-11-30(17)20(25)28-15/h1-4,7-9,11,18H,5-6,10H2,(H2,25,28). The SMILES string of the molecule is Nc1nc2ccc(C(=O)N3CCOCC3c3ccc(C(F)(F)F)cn3)cc2c2cncn12. The minimum Gasteiger partial charge on any atom is -0.377 e. The Morgan fingerprint density at radius 3 is 2.78 bits per heavy atom. The van der Waals surface area contributed by atoms with E-state index in [1.807, 2.05) is 0 Å². The first kappa shape index (κ1) is 20.2. The van der Waals surface area contributed by atoms with Crippen molar-refractivity contribution in [3.05, 3.63) is 65.9 Å². The number of benzene rings is 1. The van der Waals surface area contributed by atoms with Crippen molar-refractivity contribution in [2.45, 2.75) is 12.2 Å². The molecule has 4 aromatic rings. The minimum absolute atomic E-state index is 0.142. The fourth-order valence-corrected chi connectivity index (χ4v) is 3.85. The molecule has 1 amide bonds. The third kappa shape index (κ3) is 3.40. The first-order valence-corrected chi connectivity index (χ1v) is 9.76. The molecule has 4 heterocycles. The predicted molar refractivity (Wildman–Crippen MR) is 109 cm³/mol. The van der Waals surface area contributed by atoms with Crippen molar-refractivity contribution in [2.75, 3.05) is 25.5 Å². The fraction of sp³-hybridized carbons (Fsp3) is 0.238. The molecule has 1 saturated heterocycles. The molecule has 3 aromatic heterocycles. The minimum atomic E-state index is -4.48. The van der Waals surface area contributed by atoms with Crippen LogP contribution in [0.25, 0.3) is 16.4 Å². The maximum Gasteiger partial charge on any atom is 0.417 e. The molecule has 0 saturated carbocycles. The van der Waals surface area contributed by atoms with Crippen LogP contribution in [0.2, 0.25) is 0 Å². The zero-order chi connectivity index (χ0) is 22.5. The number of anilines is 1. The molecular formula is C21H17F3N6O2. The molecular weight excluding hydrogens is 425 g/mol. The number of amides is 1. The summed E-state index contributed by atoms with van der Waals surface area (Å²) in [5.41, 5.74) is 7.18. The van der Waals surface area contributed by atoms with E-state index in [2.05, 4.69) is 15.0 Å². The number of ether oxygens (including phenoxy) is 1. The van der Waals surface area contributed by atoms with Gasteiger partial charge in [0.2, 0.25) is 5.95 Å². The summed E-state index contributed by atoms with van der Waals surface area (Å²) in [6, 6.07) is 6.71. The number of alkyl halides is 3. The lowest BCUT2D eigenvalue weighted by Gasteiger charge is -2.35. The van der Waals surface area contributed by atoms with Crippen molar-refractivity contribution < 1.29 is 22.7 Å². The van der Waals surface area contributed by atoms with Crippen LogP contribution in [0.3, 0.4) is 0 Å². The van der Waals surface area contributed by atoms with E-state index in [0.717, 1.165) is 12.3 Å². The Morgan fingerprint density at radius 1 is 1.19 bits per heavy atom. The van der Waals surface area contributed by atoms with Gasteiger partial charge in [-0.1, -0.05) is 0 Å². The van der Waals surface area contributed by atoms with E-state index >= 15 is 0 Å². The van der Waals surface area contributed by atoms with Crippen LogP contribution in [0, 0.1) is 0 Å². The maximum atomic E-state index is 13.4. The summed E-state index contributed by atoms with van der Waals surface area (Å²) in [5, 5.41) is 0.708. The molecule has 1 aromatic carbocycles. The second kappa shape index (κ2) is 7.45. The number of hydrogen-bond donors (Lipinski definition) is 1. The van der Waals surface area contributed by atoms with Gasteiger partial charge in [0, 0.05) is 23.7 Å². The molecule has 11 heteroatoms. The van der Waals surface area contributed by atoms with Gasteiger partial charge in [-0.25, -0.2) is 9.97 Å². The predicted octanol–water partition coefficient (Wildman–Crippen LogP) is 3.09. The quantitative estimate of drug-likeness (QED) is 0.512. The first-order valence-electron chi connectivity index (χ1n) is 9.76. The highest BCUT2D eigenvalue weighted by molar-refractivity contribution is 6.02. The van der Waals surface area contributed by atoms with Crippen LogP contribution in [0.1, 0.15) is 27.7 Å². The highest BCUT2D eigenvalue weighted by atomic mass is 19.4. The lowest BCUT2D eigenvalue weighted by Crippen LogP contribution is -2.43. The Labute approximate surface area is 179 Å². The van der Waals surface area contributed by atoms with E-state index < -0.39 is 17.8 Å². The van der Waals surface area contributed by atoms with E-state index in [9.17, 15) is 18.0 Å². The summed E-state index contributed by atoms with van der Waals surface area (Å²) in [6.45, 7) is 0.746. The van der Waals surface area contributed by atoms with Gasteiger partial charge in [0.25, 0.3) is 5.91 Å². The summed E-state index contributed by atoms with van der Waals surface area (Å²) in [6.07, 6.45) is -0.529. The number of hydrogen-bond acceptors (Lipinski definition) is 6. The van der Waals surface area contributed by atoms with E-state index in [1.165, 1.54) is 6.07 Å². The van der Waals surface area contributed by atoms with Crippen LogP contribution in [0.5, 0.6) is 0 Å². The van der Waals surface area contributed by atoms with Crippen molar-refractivity contribution in [3.8, 4) is 0 Å². The molecule has 32 heavy (non-hydrogen) atoms. The van der Waals surface area contributed by atoms with Gasteiger partial charge < -0.3 is 15.4 Å². The van der Waals surface area contributed by atoms with Crippen LogP contribution in [0.4, 0.5) is 19.1 Å². The molecule has 2 N–H and O–H groups in total. The number of halogens is 3. The van der Waals surface area contributed by atoms with Gasteiger partial charge in [-0.15, -0.1) is 0 Å². The topological polar surface area (TPSA) is 98.6 Å². The Balaban J connectivity index is 1.50. The van der Waals surface area contributed by atoms with Gasteiger partial charge in [0.15, 0.2) is 0 Å². The lowest BCUT2D eigenvalue weighted by atomic mass is 10.1. The Morgan fingerprint density at radius 2 is 2.03 bits per heavy atom. The second-order valence-corrected chi connectivity index (χ2v) is 7.41.